The summed E-state index contributed by atoms with van der Waals surface area (Å²) in [5.41, 5.74) is 2.38. The number of hydrogen-bond donors (Lipinski definition) is 1. The Morgan fingerprint density at radius 2 is 1.95 bits per heavy atom. The standard InChI is InChI=1S/C13H14N2O3S/c1-2-9-3-5-10(6-4-9)7-11-14-15-13(18-11)19-8-12(16)17/h3-6H,2,7-8H2,1H3,(H,16,17). The Morgan fingerprint density at radius 1 is 1.26 bits per heavy atom. The quantitative estimate of drug-likeness (QED) is 0.818. The molecule has 0 bridgehead atoms. The van der Waals surface area contributed by atoms with Crippen LogP contribution in [0.15, 0.2) is 33.9 Å². The number of thioether (sulfide) groups is 1. The summed E-state index contributed by atoms with van der Waals surface area (Å²) in [5, 5.41) is 16.6. The molecule has 0 aliphatic carbocycles. The molecule has 0 amide bonds. The number of carbonyl (C=O) groups is 1. The number of benzene rings is 1. The minimum absolute atomic E-state index is 0.0766. The second-order valence-corrected chi connectivity index (χ2v) is 4.92. The summed E-state index contributed by atoms with van der Waals surface area (Å²) in [5.74, 6) is -0.482. The molecule has 0 atom stereocenters. The zero-order valence-corrected chi connectivity index (χ0v) is 11.3. The SMILES string of the molecule is CCc1ccc(Cc2nnc(SCC(=O)O)o2)cc1. The Labute approximate surface area is 115 Å². The van der Waals surface area contributed by atoms with Crippen molar-refractivity contribution in [2.45, 2.75) is 25.0 Å². The summed E-state index contributed by atoms with van der Waals surface area (Å²) in [4.78, 5) is 10.4. The monoisotopic (exact) mass is 278 g/mol. The van der Waals surface area contributed by atoms with E-state index in [1.54, 1.807) is 0 Å². The van der Waals surface area contributed by atoms with E-state index in [9.17, 15) is 4.79 Å². The van der Waals surface area contributed by atoms with Gasteiger partial charge in [-0.1, -0.05) is 43.0 Å². The van der Waals surface area contributed by atoms with Crippen molar-refractivity contribution < 1.29 is 14.3 Å². The predicted molar refractivity (Wildman–Crippen MR) is 71.3 cm³/mol. The number of hydrogen-bond acceptors (Lipinski definition) is 5. The zero-order valence-electron chi connectivity index (χ0n) is 10.5. The lowest BCUT2D eigenvalue weighted by Gasteiger charge is -1.99. The average Bonchev–Trinajstić information content (AvgIpc) is 2.85. The van der Waals surface area contributed by atoms with E-state index in [0.29, 0.717) is 17.5 Å². The van der Waals surface area contributed by atoms with Crippen molar-refractivity contribution >= 4 is 17.7 Å². The first-order chi connectivity index (χ1) is 9.17. The molecule has 100 valence electrons. The molecule has 0 unspecified atom stereocenters. The summed E-state index contributed by atoms with van der Waals surface area (Å²) >= 11 is 1.03. The molecule has 0 radical (unpaired) electrons. The molecule has 19 heavy (non-hydrogen) atoms. The highest BCUT2D eigenvalue weighted by Crippen LogP contribution is 2.17. The molecule has 2 rings (SSSR count). The van der Waals surface area contributed by atoms with Gasteiger partial charge in [-0.05, 0) is 17.5 Å². The third-order valence-corrected chi connectivity index (χ3v) is 3.36. The second kappa shape index (κ2) is 6.38. The maximum atomic E-state index is 10.4. The molecule has 2 aromatic rings. The highest BCUT2D eigenvalue weighted by atomic mass is 32.2. The molecule has 1 aromatic carbocycles. The van der Waals surface area contributed by atoms with E-state index in [2.05, 4.69) is 29.3 Å². The molecular weight excluding hydrogens is 264 g/mol. The highest BCUT2D eigenvalue weighted by Gasteiger charge is 2.09. The van der Waals surface area contributed by atoms with Gasteiger partial charge in [0, 0.05) is 0 Å². The molecule has 1 heterocycles. The molecule has 1 aromatic heterocycles. The van der Waals surface area contributed by atoms with Gasteiger partial charge in [0.2, 0.25) is 5.89 Å². The third kappa shape index (κ3) is 4.10. The summed E-state index contributed by atoms with van der Waals surface area (Å²) in [7, 11) is 0. The molecule has 5 nitrogen and oxygen atoms in total. The molecule has 0 spiro atoms. The summed E-state index contributed by atoms with van der Waals surface area (Å²) in [6.45, 7) is 2.11. The Hall–Kier alpha value is -1.82. The summed E-state index contributed by atoms with van der Waals surface area (Å²) < 4.78 is 5.37. The largest absolute Gasteiger partial charge is 0.481 e. The Morgan fingerprint density at radius 3 is 2.58 bits per heavy atom. The number of carboxylic acids is 1. The fourth-order valence-electron chi connectivity index (χ4n) is 1.56. The van der Waals surface area contributed by atoms with Gasteiger partial charge >= 0.3 is 5.97 Å². The van der Waals surface area contributed by atoms with Crippen molar-refractivity contribution in [2.24, 2.45) is 0 Å². The van der Waals surface area contributed by atoms with Crippen LogP contribution >= 0.6 is 11.8 Å². The van der Waals surface area contributed by atoms with Gasteiger partial charge in [0.15, 0.2) is 0 Å². The van der Waals surface area contributed by atoms with Gasteiger partial charge in [-0.25, -0.2) is 0 Å². The zero-order chi connectivity index (χ0) is 13.7. The van der Waals surface area contributed by atoms with Gasteiger partial charge in [-0.2, -0.15) is 0 Å². The first-order valence-corrected chi connectivity index (χ1v) is 6.90. The molecule has 6 heteroatoms. The van der Waals surface area contributed by atoms with E-state index in [4.69, 9.17) is 9.52 Å². The van der Waals surface area contributed by atoms with Crippen LogP contribution in [-0.2, 0) is 17.6 Å². The molecule has 0 aliphatic rings. The van der Waals surface area contributed by atoms with Crippen molar-refractivity contribution in [2.75, 3.05) is 5.75 Å². The fraction of sp³-hybridized carbons (Fsp3) is 0.308. The Bertz CT molecular complexity index is 551. The van der Waals surface area contributed by atoms with Gasteiger partial charge in [-0.15, -0.1) is 10.2 Å². The number of aryl methyl sites for hydroxylation is 1. The summed E-state index contributed by atoms with van der Waals surface area (Å²) in [6.07, 6.45) is 1.57. The Balaban J connectivity index is 1.96. The van der Waals surface area contributed by atoms with Crippen molar-refractivity contribution in [3.8, 4) is 0 Å². The highest BCUT2D eigenvalue weighted by molar-refractivity contribution is 7.99. The number of carboxylic acid groups (broad SMARTS) is 1. The van der Waals surface area contributed by atoms with Crippen LogP contribution in [0.4, 0.5) is 0 Å². The van der Waals surface area contributed by atoms with Crippen molar-refractivity contribution in [3.63, 3.8) is 0 Å². The van der Waals surface area contributed by atoms with Crippen LogP contribution in [0.25, 0.3) is 0 Å². The molecule has 0 fully saturated rings. The lowest BCUT2D eigenvalue weighted by molar-refractivity contribution is -0.133. The average molecular weight is 278 g/mol. The molecule has 0 saturated carbocycles. The first kappa shape index (κ1) is 13.6. The van der Waals surface area contributed by atoms with Crippen LogP contribution in [0.3, 0.4) is 0 Å². The van der Waals surface area contributed by atoms with Crippen LogP contribution in [0.5, 0.6) is 0 Å². The van der Waals surface area contributed by atoms with E-state index in [1.165, 1.54) is 5.56 Å². The van der Waals surface area contributed by atoms with Gasteiger partial charge in [0.25, 0.3) is 5.22 Å². The number of rotatable bonds is 6. The van der Waals surface area contributed by atoms with E-state index in [-0.39, 0.29) is 5.75 Å². The van der Waals surface area contributed by atoms with Gasteiger partial charge in [0.05, 0.1) is 6.42 Å². The maximum Gasteiger partial charge on any atom is 0.314 e. The minimum Gasteiger partial charge on any atom is -0.481 e. The van der Waals surface area contributed by atoms with Gasteiger partial charge in [0.1, 0.15) is 5.75 Å². The smallest absolute Gasteiger partial charge is 0.314 e. The van der Waals surface area contributed by atoms with Crippen molar-refractivity contribution in [3.05, 3.63) is 41.3 Å². The van der Waals surface area contributed by atoms with Crippen LogP contribution in [0.1, 0.15) is 23.9 Å². The first-order valence-electron chi connectivity index (χ1n) is 5.92. The van der Waals surface area contributed by atoms with E-state index >= 15 is 0 Å². The lowest BCUT2D eigenvalue weighted by atomic mass is 10.1. The van der Waals surface area contributed by atoms with E-state index in [0.717, 1.165) is 23.7 Å². The molecule has 0 aliphatic heterocycles. The van der Waals surface area contributed by atoms with Gasteiger partial charge < -0.3 is 9.52 Å². The molecule has 1 N–H and O–H groups in total. The lowest BCUT2D eigenvalue weighted by Crippen LogP contribution is -1.97. The predicted octanol–water partition coefficient (Wildman–Crippen LogP) is 2.40. The van der Waals surface area contributed by atoms with Crippen LogP contribution < -0.4 is 0 Å². The van der Waals surface area contributed by atoms with Crippen LogP contribution in [0.2, 0.25) is 0 Å². The van der Waals surface area contributed by atoms with Gasteiger partial charge in [-0.3, -0.25) is 4.79 Å². The van der Waals surface area contributed by atoms with Crippen molar-refractivity contribution in [1.29, 1.82) is 0 Å². The number of aliphatic carboxylic acids is 1. The van der Waals surface area contributed by atoms with Crippen LogP contribution in [-0.4, -0.2) is 27.0 Å². The number of aromatic nitrogens is 2. The number of nitrogens with zero attached hydrogens (tertiary/aromatic N) is 2. The topological polar surface area (TPSA) is 76.2 Å². The second-order valence-electron chi connectivity index (χ2n) is 3.99. The fourth-order valence-corrected chi connectivity index (χ4v) is 2.06. The summed E-state index contributed by atoms with van der Waals surface area (Å²) in [6, 6.07) is 8.22. The maximum absolute atomic E-state index is 10.4. The minimum atomic E-state index is -0.903. The van der Waals surface area contributed by atoms with Crippen LogP contribution in [0, 0.1) is 0 Å². The van der Waals surface area contributed by atoms with Crippen molar-refractivity contribution in [1.82, 2.24) is 10.2 Å². The van der Waals surface area contributed by atoms with E-state index < -0.39 is 5.97 Å². The molecule has 0 saturated heterocycles. The molecular formula is C13H14N2O3S. The third-order valence-electron chi connectivity index (χ3n) is 2.55. The normalized spacial score (nSPS) is 10.6. The Kier molecular flexibility index (Phi) is 4.57. The van der Waals surface area contributed by atoms with E-state index in [1.807, 2.05) is 12.1 Å².